The molecule has 2 aromatic carbocycles. The third kappa shape index (κ3) is 2.62. The van der Waals surface area contributed by atoms with Crippen molar-refractivity contribution in [1.29, 1.82) is 5.26 Å². The summed E-state index contributed by atoms with van der Waals surface area (Å²) in [6, 6.07) is 18.1. The molecule has 0 aliphatic carbocycles. The highest BCUT2D eigenvalue weighted by molar-refractivity contribution is 5.66. The Hall–Kier alpha value is -2.33. The fourth-order valence-corrected chi connectivity index (χ4v) is 1.72. The van der Waals surface area contributed by atoms with Crippen LogP contribution >= 0.6 is 0 Å². The van der Waals surface area contributed by atoms with Crippen LogP contribution < -0.4 is 0 Å². The lowest BCUT2D eigenvalue weighted by Crippen LogP contribution is -1.79. The predicted octanol–water partition coefficient (Wildman–Crippen LogP) is 4.26. The van der Waals surface area contributed by atoms with E-state index in [-0.39, 0.29) is 0 Å². The molecule has 0 unspecified atom stereocenters. The average Bonchev–Trinajstić information content (AvgIpc) is 2.40. The van der Waals surface area contributed by atoms with Crippen LogP contribution in [-0.4, -0.2) is 0 Å². The predicted molar refractivity (Wildman–Crippen MR) is 71.3 cm³/mol. The van der Waals surface area contributed by atoms with E-state index in [0.717, 1.165) is 5.56 Å². The van der Waals surface area contributed by atoms with Gasteiger partial charge < -0.3 is 0 Å². The molecule has 0 aliphatic heterocycles. The molecule has 0 fully saturated rings. The number of allylic oxidation sites excluding steroid dienone is 1. The SMILES string of the molecule is CC=Cc1ccc(-c2ccc(C#N)cc2)cc1. The molecule has 0 aromatic heterocycles. The fourth-order valence-electron chi connectivity index (χ4n) is 1.72. The molecule has 17 heavy (non-hydrogen) atoms. The van der Waals surface area contributed by atoms with Crippen molar-refractivity contribution in [2.75, 3.05) is 0 Å². The Morgan fingerprint density at radius 2 is 1.41 bits per heavy atom. The van der Waals surface area contributed by atoms with E-state index in [9.17, 15) is 0 Å². The Labute approximate surface area is 102 Å². The lowest BCUT2D eigenvalue weighted by atomic mass is 10.0. The van der Waals surface area contributed by atoms with Crippen LogP contribution in [-0.2, 0) is 0 Å². The average molecular weight is 219 g/mol. The number of benzene rings is 2. The molecule has 0 amide bonds. The van der Waals surface area contributed by atoms with E-state index in [1.807, 2.05) is 37.3 Å². The van der Waals surface area contributed by atoms with Crippen LogP contribution in [0.5, 0.6) is 0 Å². The van der Waals surface area contributed by atoms with Gasteiger partial charge in [-0.1, -0.05) is 48.6 Å². The molecule has 0 saturated carbocycles. The minimum Gasteiger partial charge on any atom is -0.192 e. The van der Waals surface area contributed by atoms with Crippen molar-refractivity contribution in [3.05, 3.63) is 65.7 Å². The van der Waals surface area contributed by atoms with Gasteiger partial charge in [-0.2, -0.15) is 5.26 Å². The van der Waals surface area contributed by atoms with Crippen LogP contribution in [0, 0.1) is 11.3 Å². The molecule has 0 aliphatic rings. The largest absolute Gasteiger partial charge is 0.192 e. The van der Waals surface area contributed by atoms with E-state index in [2.05, 4.69) is 36.4 Å². The smallest absolute Gasteiger partial charge is 0.0991 e. The minimum atomic E-state index is 0.694. The minimum absolute atomic E-state index is 0.694. The van der Waals surface area contributed by atoms with Crippen LogP contribution in [0.25, 0.3) is 17.2 Å². The quantitative estimate of drug-likeness (QED) is 0.740. The van der Waals surface area contributed by atoms with Crippen molar-refractivity contribution in [3.8, 4) is 17.2 Å². The van der Waals surface area contributed by atoms with Gasteiger partial charge in [-0.15, -0.1) is 0 Å². The van der Waals surface area contributed by atoms with Gasteiger partial charge in [-0.25, -0.2) is 0 Å². The van der Waals surface area contributed by atoms with E-state index in [1.165, 1.54) is 11.1 Å². The molecule has 0 atom stereocenters. The standard InChI is InChI=1S/C16H13N/c1-2-3-13-4-8-15(9-5-13)16-10-6-14(12-17)7-11-16/h2-11H,1H3. The molecule has 1 heteroatoms. The maximum atomic E-state index is 8.74. The third-order valence-corrected chi connectivity index (χ3v) is 2.62. The zero-order chi connectivity index (χ0) is 12.1. The van der Waals surface area contributed by atoms with Crippen molar-refractivity contribution in [2.24, 2.45) is 0 Å². The summed E-state index contributed by atoms with van der Waals surface area (Å²) in [7, 11) is 0. The highest BCUT2D eigenvalue weighted by Crippen LogP contribution is 2.20. The van der Waals surface area contributed by atoms with Gasteiger partial charge in [0.05, 0.1) is 11.6 Å². The van der Waals surface area contributed by atoms with Crippen molar-refractivity contribution >= 4 is 6.08 Å². The summed E-state index contributed by atoms with van der Waals surface area (Å²) in [5, 5.41) is 8.74. The van der Waals surface area contributed by atoms with Gasteiger partial charge >= 0.3 is 0 Å². The van der Waals surface area contributed by atoms with Gasteiger partial charge in [0, 0.05) is 0 Å². The molecule has 0 N–H and O–H groups in total. The molecule has 1 nitrogen and oxygen atoms in total. The summed E-state index contributed by atoms with van der Waals surface area (Å²) in [4.78, 5) is 0. The molecule has 0 heterocycles. The van der Waals surface area contributed by atoms with Crippen molar-refractivity contribution < 1.29 is 0 Å². The topological polar surface area (TPSA) is 23.8 Å². The molecule has 2 rings (SSSR count). The molecule has 0 radical (unpaired) electrons. The van der Waals surface area contributed by atoms with Gasteiger partial charge in [-0.3, -0.25) is 0 Å². The highest BCUT2D eigenvalue weighted by atomic mass is 14.2. The lowest BCUT2D eigenvalue weighted by molar-refractivity contribution is 1.48. The van der Waals surface area contributed by atoms with E-state index in [0.29, 0.717) is 5.56 Å². The summed E-state index contributed by atoms with van der Waals surface area (Å²) in [5.74, 6) is 0. The second-order valence-electron chi connectivity index (χ2n) is 3.81. The molecule has 0 spiro atoms. The van der Waals surface area contributed by atoms with Gasteiger partial charge in [0.25, 0.3) is 0 Å². The molecule has 2 aromatic rings. The van der Waals surface area contributed by atoms with Crippen LogP contribution in [0.2, 0.25) is 0 Å². The molecule has 0 saturated heterocycles. The van der Waals surface area contributed by atoms with Crippen molar-refractivity contribution in [2.45, 2.75) is 6.92 Å². The van der Waals surface area contributed by atoms with Crippen molar-refractivity contribution in [3.63, 3.8) is 0 Å². The zero-order valence-electron chi connectivity index (χ0n) is 9.72. The molecular formula is C16H13N. The summed E-state index contributed by atoms with van der Waals surface area (Å²) in [6.07, 6.45) is 4.10. The normalized spacial score (nSPS) is 10.4. The molecule has 0 bridgehead atoms. The van der Waals surface area contributed by atoms with Crippen LogP contribution in [0.3, 0.4) is 0 Å². The van der Waals surface area contributed by atoms with Gasteiger partial charge in [0.1, 0.15) is 0 Å². The maximum Gasteiger partial charge on any atom is 0.0991 e. The number of rotatable bonds is 2. The van der Waals surface area contributed by atoms with Crippen molar-refractivity contribution in [1.82, 2.24) is 0 Å². The maximum absolute atomic E-state index is 8.74. The first-order chi connectivity index (χ1) is 8.33. The number of hydrogen-bond donors (Lipinski definition) is 0. The second kappa shape index (κ2) is 5.14. The first kappa shape index (κ1) is 11.2. The summed E-state index contributed by atoms with van der Waals surface area (Å²) < 4.78 is 0. The van der Waals surface area contributed by atoms with Gasteiger partial charge in [0.2, 0.25) is 0 Å². The molecule has 82 valence electrons. The van der Waals surface area contributed by atoms with Gasteiger partial charge in [0.15, 0.2) is 0 Å². The summed E-state index contributed by atoms with van der Waals surface area (Å²) in [6.45, 7) is 2.01. The fraction of sp³-hybridized carbons (Fsp3) is 0.0625. The Balaban J connectivity index is 2.30. The number of nitriles is 1. The first-order valence-electron chi connectivity index (χ1n) is 5.57. The monoisotopic (exact) mass is 219 g/mol. The van der Waals surface area contributed by atoms with E-state index in [4.69, 9.17) is 5.26 Å². The third-order valence-electron chi connectivity index (χ3n) is 2.62. The van der Waals surface area contributed by atoms with Crippen LogP contribution in [0.1, 0.15) is 18.1 Å². The number of hydrogen-bond acceptors (Lipinski definition) is 1. The van der Waals surface area contributed by atoms with Crippen LogP contribution in [0.15, 0.2) is 54.6 Å². The van der Waals surface area contributed by atoms with E-state index < -0.39 is 0 Å². The Morgan fingerprint density at radius 3 is 1.88 bits per heavy atom. The lowest BCUT2D eigenvalue weighted by Gasteiger charge is -2.02. The zero-order valence-corrected chi connectivity index (χ0v) is 9.72. The Kier molecular flexibility index (Phi) is 3.37. The first-order valence-corrected chi connectivity index (χ1v) is 5.57. The highest BCUT2D eigenvalue weighted by Gasteiger charge is 1.97. The Morgan fingerprint density at radius 1 is 0.882 bits per heavy atom. The Bertz CT molecular complexity index is 554. The number of nitrogens with zero attached hydrogens (tertiary/aromatic N) is 1. The summed E-state index contributed by atoms with van der Waals surface area (Å²) in [5.41, 5.74) is 4.20. The van der Waals surface area contributed by atoms with Gasteiger partial charge in [-0.05, 0) is 35.7 Å². The molecular weight excluding hydrogens is 206 g/mol. The van der Waals surface area contributed by atoms with E-state index in [1.54, 1.807) is 0 Å². The second-order valence-corrected chi connectivity index (χ2v) is 3.81. The van der Waals surface area contributed by atoms with Crippen LogP contribution in [0.4, 0.5) is 0 Å². The van der Waals surface area contributed by atoms with E-state index >= 15 is 0 Å². The summed E-state index contributed by atoms with van der Waals surface area (Å²) >= 11 is 0.